The highest BCUT2D eigenvalue weighted by atomic mass is 32.1. The summed E-state index contributed by atoms with van der Waals surface area (Å²) in [5.41, 5.74) is 3.66. The number of alkyl halides is 3. The Morgan fingerprint density at radius 2 is 2.19 bits per heavy atom. The third-order valence-corrected chi connectivity index (χ3v) is 4.72. The number of halogens is 3. The second-order valence-corrected chi connectivity index (χ2v) is 5.81. The molecule has 0 spiro atoms. The molecule has 2 unspecified atom stereocenters. The van der Waals surface area contributed by atoms with Gasteiger partial charge < -0.3 is 14.9 Å². The van der Waals surface area contributed by atoms with Gasteiger partial charge in [-0.1, -0.05) is 5.16 Å². The molecule has 1 fully saturated rings. The van der Waals surface area contributed by atoms with E-state index in [0.29, 0.717) is 11.8 Å². The van der Waals surface area contributed by atoms with Crippen LogP contribution in [0.1, 0.15) is 29.5 Å². The number of fused-ring (bicyclic) bond motifs is 3. The van der Waals surface area contributed by atoms with Crippen molar-refractivity contribution >= 4 is 27.6 Å². The summed E-state index contributed by atoms with van der Waals surface area (Å²) >= 11 is 1.79. The highest BCUT2D eigenvalue weighted by Crippen LogP contribution is 2.49. The molecule has 0 radical (unpaired) electrons. The molecule has 21 heavy (non-hydrogen) atoms. The summed E-state index contributed by atoms with van der Waals surface area (Å²) in [6.07, 6.45) is -3.86. The molecule has 2 aromatic heterocycles. The predicted octanol–water partition coefficient (Wildman–Crippen LogP) is 2.70. The fourth-order valence-electron chi connectivity index (χ4n) is 2.78. The van der Waals surface area contributed by atoms with Gasteiger partial charge in [-0.15, -0.1) is 11.3 Å². The molecule has 1 saturated heterocycles. The number of hydrogen-bond donors (Lipinski definition) is 2. The Hall–Kier alpha value is -1.61. The molecule has 0 saturated carbocycles. The number of aromatic nitrogens is 1. The van der Waals surface area contributed by atoms with E-state index in [2.05, 4.69) is 15.9 Å². The number of carbonyl (C=O) groups is 1. The van der Waals surface area contributed by atoms with E-state index < -0.39 is 12.1 Å². The van der Waals surface area contributed by atoms with Crippen LogP contribution in [0.3, 0.4) is 0 Å². The number of rotatable bonds is 0. The first-order valence-corrected chi connectivity index (χ1v) is 7.15. The Labute approximate surface area is 120 Å². The van der Waals surface area contributed by atoms with Crippen molar-refractivity contribution in [3.63, 3.8) is 0 Å². The maximum Gasteiger partial charge on any atom is 0.490 e. The lowest BCUT2D eigenvalue weighted by molar-refractivity contribution is -0.192. The minimum Gasteiger partial charge on any atom is -0.475 e. The zero-order chi connectivity index (χ0) is 15.2. The van der Waals surface area contributed by atoms with Gasteiger partial charge in [0.15, 0.2) is 5.58 Å². The van der Waals surface area contributed by atoms with Gasteiger partial charge >= 0.3 is 12.1 Å². The molecule has 2 aromatic rings. The highest BCUT2D eigenvalue weighted by molar-refractivity contribution is 7.17. The van der Waals surface area contributed by atoms with Gasteiger partial charge in [0.1, 0.15) is 5.69 Å². The van der Waals surface area contributed by atoms with Gasteiger partial charge in [-0.05, 0) is 24.3 Å². The Balaban J connectivity index is 0.000000164. The second kappa shape index (κ2) is 4.99. The Kier molecular flexibility index (Phi) is 3.40. The number of piperidine rings is 1. The number of carboxylic acid groups (broad SMARTS) is 1. The lowest BCUT2D eigenvalue weighted by atomic mass is 9.78. The van der Waals surface area contributed by atoms with Crippen LogP contribution in [0.5, 0.6) is 0 Å². The Morgan fingerprint density at radius 3 is 2.86 bits per heavy atom. The SMILES string of the molecule is O=C(O)C(F)(F)F.c1sc2c3noc2c1C1CCNCC31. The molecular formula is C12H11F3N2O3S. The van der Waals surface area contributed by atoms with E-state index in [0.717, 1.165) is 18.7 Å². The topological polar surface area (TPSA) is 75.4 Å². The molecule has 5 nitrogen and oxygen atoms in total. The summed E-state index contributed by atoms with van der Waals surface area (Å²) < 4.78 is 38.4. The van der Waals surface area contributed by atoms with Gasteiger partial charge in [0.05, 0.1) is 4.70 Å². The van der Waals surface area contributed by atoms with E-state index in [-0.39, 0.29) is 0 Å². The first kappa shape index (κ1) is 14.3. The van der Waals surface area contributed by atoms with E-state index in [1.54, 1.807) is 11.3 Å². The first-order chi connectivity index (χ1) is 9.89. The monoisotopic (exact) mass is 320 g/mol. The van der Waals surface area contributed by atoms with Crippen LogP contribution in [0.15, 0.2) is 9.90 Å². The largest absolute Gasteiger partial charge is 0.490 e. The van der Waals surface area contributed by atoms with Crippen molar-refractivity contribution in [1.29, 1.82) is 0 Å². The van der Waals surface area contributed by atoms with Crippen molar-refractivity contribution in [2.24, 2.45) is 0 Å². The van der Waals surface area contributed by atoms with Crippen molar-refractivity contribution in [2.75, 3.05) is 13.1 Å². The minimum atomic E-state index is -5.08. The maximum absolute atomic E-state index is 10.6. The van der Waals surface area contributed by atoms with Crippen LogP contribution >= 0.6 is 11.3 Å². The third-order valence-electron chi connectivity index (χ3n) is 3.72. The molecule has 0 aromatic carbocycles. The van der Waals surface area contributed by atoms with Gasteiger partial charge in [-0.25, -0.2) is 4.79 Å². The molecule has 2 N–H and O–H groups in total. The number of carboxylic acids is 1. The van der Waals surface area contributed by atoms with E-state index in [4.69, 9.17) is 14.4 Å². The summed E-state index contributed by atoms with van der Waals surface area (Å²) in [6, 6.07) is 0. The summed E-state index contributed by atoms with van der Waals surface area (Å²) in [6.45, 7) is 2.18. The van der Waals surface area contributed by atoms with Gasteiger partial charge in [-0.3, -0.25) is 0 Å². The minimum absolute atomic E-state index is 0.561. The molecule has 3 heterocycles. The smallest absolute Gasteiger partial charge is 0.475 e. The number of nitrogens with one attached hydrogen (secondary N) is 1. The molecule has 4 rings (SSSR count). The summed E-state index contributed by atoms with van der Waals surface area (Å²) in [7, 11) is 0. The van der Waals surface area contributed by atoms with Crippen LogP contribution < -0.4 is 5.32 Å². The van der Waals surface area contributed by atoms with Crippen LogP contribution in [-0.2, 0) is 4.79 Å². The quantitative estimate of drug-likeness (QED) is 0.780. The summed E-state index contributed by atoms with van der Waals surface area (Å²) in [5.74, 6) is -1.54. The van der Waals surface area contributed by atoms with Crippen molar-refractivity contribution in [3.05, 3.63) is 16.6 Å². The molecule has 1 aliphatic heterocycles. The normalized spacial score (nSPS) is 23.6. The molecule has 1 aliphatic carbocycles. The van der Waals surface area contributed by atoms with Gasteiger partial charge in [-0.2, -0.15) is 13.2 Å². The Morgan fingerprint density at radius 1 is 1.48 bits per heavy atom. The lowest BCUT2D eigenvalue weighted by Crippen LogP contribution is -2.34. The zero-order valence-corrected chi connectivity index (χ0v) is 11.4. The van der Waals surface area contributed by atoms with Gasteiger partial charge in [0.2, 0.25) is 0 Å². The molecule has 9 heteroatoms. The lowest BCUT2D eigenvalue weighted by Gasteiger charge is -2.30. The van der Waals surface area contributed by atoms with Crippen molar-refractivity contribution < 1.29 is 27.6 Å². The van der Waals surface area contributed by atoms with E-state index >= 15 is 0 Å². The van der Waals surface area contributed by atoms with Crippen LogP contribution in [0, 0.1) is 0 Å². The summed E-state index contributed by atoms with van der Waals surface area (Å²) in [4.78, 5) is 8.90. The zero-order valence-electron chi connectivity index (χ0n) is 10.6. The number of hydrogen-bond acceptors (Lipinski definition) is 5. The van der Waals surface area contributed by atoms with Gasteiger partial charge in [0.25, 0.3) is 0 Å². The maximum atomic E-state index is 10.6. The standard InChI is InChI=1S/C10H10N2OS.C2HF3O2/c1-2-11-3-6-5(1)7-4-14-10-8(6)12-13-9(7)10;3-2(4,5)1(6)7/h4-6,11H,1-3H2;(H,6,7). The molecule has 2 aliphatic rings. The van der Waals surface area contributed by atoms with Crippen LogP contribution in [0.2, 0.25) is 0 Å². The van der Waals surface area contributed by atoms with E-state index in [1.807, 2.05) is 0 Å². The molecule has 2 atom stereocenters. The number of nitrogens with zero attached hydrogens (tertiary/aromatic N) is 1. The average molecular weight is 320 g/mol. The van der Waals surface area contributed by atoms with Crippen LogP contribution in [0.4, 0.5) is 13.2 Å². The fourth-order valence-corrected chi connectivity index (χ4v) is 3.88. The fraction of sp³-hybridized carbons (Fsp3) is 0.500. The molecule has 4 bridgehead atoms. The van der Waals surface area contributed by atoms with E-state index in [1.165, 1.54) is 22.4 Å². The first-order valence-electron chi connectivity index (χ1n) is 6.27. The average Bonchev–Trinajstić information content (AvgIpc) is 2.92. The number of thiophene rings is 1. The Bertz CT molecular complexity index is 633. The highest BCUT2D eigenvalue weighted by Gasteiger charge is 2.39. The van der Waals surface area contributed by atoms with E-state index in [9.17, 15) is 13.2 Å². The van der Waals surface area contributed by atoms with Crippen LogP contribution in [0.25, 0.3) is 10.3 Å². The number of aliphatic carboxylic acids is 1. The molecule has 114 valence electrons. The van der Waals surface area contributed by atoms with Crippen molar-refractivity contribution in [2.45, 2.75) is 24.4 Å². The predicted molar refractivity (Wildman–Crippen MR) is 68.5 cm³/mol. The van der Waals surface area contributed by atoms with Crippen molar-refractivity contribution in [1.82, 2.24) is 10.5 Å². The second-order valence-electron chi connectivity index (χ2n) is 4.93. The van der Waals surface area contributed by atoms with Crippen molar-refractivity contribution in [3.8, 4) is 0 Å². The van der Waals surface area contributed by atoms with Gasteiger partial charge in [0, 0.05) is 18.0 Å². The third kappa shape index (κ3) is 2.40. The molecular weight excluding hydrogens is 309 g/mol. The summed E-state index contributed by atoms with van der Waals surface area (Å²) in [5, 5.41) is 17.0. The molecule has 0 amide bonds. The van der Waals surface area contributed by atoms with Crippen LogP contribution in [-0.4, -0.2) is 35.5 Å².